The summed E-state index contributed by atoms with van der Waals surface area (Å²) in [5.41, 5.74) is 5.80. The highest BCUT2D eigenvalue weighted by Crippen LogP contribution is 2.22. The van der Waals surface area contributed by atoms with Gasteiger partial charge in [0, 0.05) is 18.2 Å². The molecule has 3 N–H and O–H groups in total. The molecule has 1 unspecified atom stereocenters. The number of thioether (sulfide) groups is 1. The molecule has 5 nitrogen and oxygen atoms in total. The smallest absolute Gasteiger partial charge is 0.327 e. The molecule has 2 atom stereocenters. The third kappa shape index (κ3) is 3.12. The van der Waals surface area contributed by atoms with E-state index in [-0.39, 0.29) is 24.3 Å². The van der Waals surface area contributed by atoms with E-state index < -0.39 is 12.0 Å². The lowest BCUT2D eigenvalue weighted by Crippen LogP contribution is -2.44. The quantitative estimate of drug-likeness (QED) is 0.747. The van der Waals surface area contributed by atoms with Crippen LogP contribution in [0.25, 0.3) is 0 Å². The Balaban J connectivity index is 2.56. The number of carboxylic acids is 1. The first-order valence-electron chi connectivity index (χ1n) is 5.29. The van der Waals surface area contributed by atoms with Crippen LogP contribution in [0, 0.1) is 5.92 Å². The van der Waals surface area contributed by atoms with Gasteiger partial charge in [0.15, 0.2) is 0 Å². The lowest BCUT2D eigenvalue weighted by molar-refractivity contribution is -0.147. The minimum Gasteiger partial charge on any atom is -0.480 e. The predicted octanol–water partition coefficient (Wildman–Crippen LogP) is 0.346. The fourth-order valence-corrected chi connectivity index (χ4v) is 2.62. The summed E-state index contributed by atoms with van der Waals surface area (Å²) in [6.07, 6.45) is 0.224. The zero-order valence-electron chi connectivity index (χ0n) is 9.55. The van der Waals surface area contributed by atoms with Gasteiger partial charge in [-0.15, -0.1) is 11.8 Å². The molecule has 1 heterocycles. The van der Waals surface area contributed by atoms with Crippen LogP contribution in [0.1, 0.15) is 20.3 Å². The first kappa shape index (κ1) is 13.3. The molecule has 0 aliphatic carbocycles. The van der Waals surface area contributed by atoms with Crippen molar-refractivity contribution in [2.75, 3.05) is 11.6 Å². The van der Waals surface area contributed by atoms with Crippen molar-refractivity contribution in [3.63, 3.8) is 0 Å². The van der Waals surface area contributed by atoms with Gasteiger partial charge in [-0.05, 0) is 5.92 Å². The minimum atomic E-state index is -0.934. The Morgan fingerprint density at radius 2 is 2.19 bits per heavy atom. The van der Waals surface area contributed by atoms with Gasteiger partial charge < -0.3 is 15.7 Å². The maximum absolute atomic E-state index is 11.8. The van der Waals surface area contributed by atoms with E-state index in [0.29, 0.717) is 11.6 Å². The zero-order valence-corrected chi connectivity index (χ0v) is 10.4. The summed E-state index contributed by atoms with van der Waals surface area (Å²) in [6, 6.07) is -0.885. The molecule has 1 fully saturated rings. The first-order valence-corrected chi connectivity index (χ1v) is 6.44. The summed E-state index contributed by atoms with van der Waals surface area (Å²) in [4.78, 5) is 24.2. The number of rotatable bonds is 4. The number of aliphatic carboxylic acids is 1. The average Bonchev–Trinajstić information content (AvgIpc) is 2.65. The number of nitrogens with zero attached hydrogens (tertiary/aromatic N) is 1. The molecule has 1 aliphatic rings. The number of carbonyl (C=O) groups excluding carboxylic acids is 1. The van der Waals surface area contributed by atoms with Gasteiger partial charge in [0.1, 0.15) is 6.04 Å². The third-order valence-corrected chi connectivity index (χ3v) is 3.77. The molecule has 1 amide bonds. The molecule has 0 aromatic carbocycles. The fourth-order valence-electron chi connectivity index (χ4n) is 1.45. The molecule has 0 bridgehead atoms. The number of carbonyl (C=O) groups is 2. The Kier molecular flexibility index (Phi) is 4.61. The summed E-state index contributed by atoms with van der Waals surface area (Å²) in [7, 11) is 0. The molecule has 92 valence electrons. The van der Waals surface area contributed by atoms with Gasteiger partial charge in [-0.3, -0.25) is 4.79 Å². The molecule has 0 aromatic heterocycles. The summed E-state index contributed by atoms with van der Waals surface area (Å²) in [6.45, 7) is 3.90. The number of hydrogen-bond donors (Lipinski definition) is 2. The summed E-state index contributed by atoms with van der Waals surface area (Å²) >= 11 is 1.47. The number of hydrogen-bond acceptors (Lipinski definition) is 4. The summed E-state index contributed by atoms with van der Waals surface area (Å²) in [5.74, 6) is 0.0658. The molecule has 1 saturated heterocycles. The first-order chi connectivity index (χ1) is 7.43. The van der Waals surface area contributed by atoms with Crippen molar-refractivity contribution in [1.82, 2.24) is 4.90 Å². The second kappa shape index (κ2) is 5.54. The van der Waals surface area contributed by atoms with Crippen molar-refractivity contribution >= 4 is 23.6 Å². The van der Waals surface area contributed by atoms with Gasteiger partial charge >= 0.3 is 5.97 Å². The Morgan fingerprint density at radius 3 is 2.69 bits per heavy atom. The molecular formula is C10H18N2O3S. The van der Waals surface area contributed by atoms with Crippen LogP contribution in [-0.4, -0.2) is 45.6 Å². The fraction of sp³-hybridized carbons (Fsp3) is 0.800. The maximum atomic E-state index is 11.8. The molecule has 0 spiro atoms. The van der Waals surface area contributed by atoms with E-state index in [2.05, 4.69) is 0 Å². The van der Waals surface area contributed by atoms with E-state index >= 15 is 0 Å². The third-order valence-electron chi connectivity index (χ3n) is 2.75. The van der Waals surface area contributed by atoms with Gasteiger partial charge in [-0.25, -0.2) is 4.79 Å². The highest BCUT2D eigenvalue weighted by atomic mass is 32.2. The van der Waals surface area contributed by atoms with Gasteiger partial charge in [-0.2, -0.15) is 0 Å². The monoisotopic (exact) mass is 246 g/mol. The van der Waals surface area contributed by atoms with Gasteiger partial charge in [0.25, 0.3) is 0 Å². The van der Waals surface area contributed by atoms with E-state index in [1.165, 1.54) is 16.7 Å². The second-order valence-electron chi connectivity index (χ2n) is 4.33. The standard InChI is InChI=1S/C10H18N2O3S/c1-6(2)7(11)3-9(13)12-5-16-4-8(12)10(14)15/h6-8H,3-5,11H2,1-2H3,(H,14,15)/t7?,8-/m0/s1. The van der Waals surface area contributed by atoms with Gasteiger partial charge in [-0.1, -0.05) is 13.8 Å². The lowest BCUT2D eigenvalue weighted by atomic mass is 10.0. The summed E-state index contributed by atoms with van der Waals surface area (Å²) in [5, 5.41) is 8.94. The average molecular weight is 246 g/mol. The van der Waals surface area contributed by atoms with Crippen LogP contribution in [0.4, 0.5) is 0 Å². The van der Waals surface area contributed by atoms with Gasteiger partial charge in [0.2, 0.25) is 5.91 Å². The molecule has 0 saturated carbocycles. The van der Waals surface area contributed by atoms with E-state index in [0.717, 1.165) is 0 Å². The van der Waals surface area contributed by atoms with Crippen LogP contribution in [0.2, 0.25) is 0 Å². The highest BCUT2D eigenvalue weighted by Gasteiger charge is 2.34. The van der Waals surface area contributed by atoms with Crippen LogP contribution >= 0.6 is 11.8 Å². The van der Waals surface area contributed by atoms with E-state index in [9.17, 15) is 9.59 Å². The van der Waals surface area contributed by atoms with Crippen molar-refractivity contribution in [2.24, 2.45) is 11.7 Å². The van der Waals surface area contributed by atoms with Crippen molar-refractivity contribution in [1.29, 1.82) is 0 Å². The zero-order chi connectivity index (χ0) is 12.3. The van der Waals surface area contributed by atoms with Crippen molar-refractivity contribution < 1.29 is 14.7 Å². The highest BCUT2D eigenvalue weighted by molar-refractivity contribution is 7.99. The maximum Gasteiger partial charge on any atom is 0.327 e. The molecular weight excluding hydrogens is 228 g/mol. The Bertz CT molecular complexity index is 283. The molecule has 1 aliphatic heterocycles. The van der Waals surface area contributed by atoms with Gasteiger partial charge in [0.05, 0.1) is 5.88 Å². The normalized spacial score (nSPS) is 22.5. The Labute approximate surface area is 99.4 Å². The Hall–Kier alpha value is -0.750. The largest absolute Gasteiger partial charge is 0.480 e. The molecule has 16 heavy (non-hydrogen) atoms. The number of carboxylic acid groups (broad SMARTS) is 1. The molecule has 0 radical (unpaired) electrons. The van der Waals surface area contributed by atoms with Crippen LogP contribution in [0.15, 0.2) is 0 Å². The molecule has 6 heteroatoms. The topological polar surface area (TPSA) is 83.6 Å². The number of amides is 1. The van der Waals surface area contributed by atoms with Crippen LogP contribution in [-0.2, 0) is 9.59 Å². The second-order valence-corrected chi connectivity index (χ2v) is 5.33. The van der Waals surface area contributed by atoms with Crippen molar-refractivity contribution in [3.05, 3.63) is 0 Å². The summed E-state index contributed by atoms with van der Waals surface area (Å²) < 4.78 is 0. The predicted molar refractivity (Wildman–Crippen MR) is 63.0 cm³/mol. The van der Waals surface area contributed by atoms with Crippen LogP contribution in [0.3, 0.4) is 0 Å². The minimum absolute atomic E-state index is 0.154. The SMILES string of the molecule is CC(C)C(N)CC(=O)N1CSC[C@H]1C(=O)O. The van der Waals surface area contributed by atoms with E-state index in [1.807, 2.05) is 13.8 Å². The van der Waals surface area contributed by atoms with E-state index in [4.69, 9.17) is 10.8 Å². The van der Waals surface area contributed by atoms with E-state index in [1.54, 1.807) is 0 Å². The van der Waals surface area contributed by atoms with Crippen molar-refractivity contribution in [3.8, 4) is 0 Å². The van der Waals surface area contributed by atoms with Crippen LogP contribution < -0.4 is 5.73 Å². The Morgan fingerprint density at radius 1 is 1.56 bits per heavy atom. The van der Waals surface area contributed by atoms with Crippen molar-refractivity contribution in [2.45, 2.75) is 32.4 Å². The molecule has 1 rings (SSSR count). The van der Waals surface area contributed by atoms with Crippen LogP contribution in [0.5, 0.6) is 0 Å². The molecule has 0 aromatic rings. The number of nitrogens with two attached hydrogens (primary N) is 1. The lowest BCUT2D eigenvalue weighted by Gasteiger charge is -2.23.